The highest BCUT2D eigenvalue weighted by Crippen LogP contribution is 2.25. The van der Waals surface area contributed by atoms with Crippen molar-refractivity contribution in [2.45, 2.75) is 83.8 Å². The number of esters is 1. The molecule has 1 amide bonds. The number of rotatable bonds is 8. The fraction of sp³-hybridized carbons (Fsp3) is 0.682. The van der Waals surface area contributed by atoms with Gasteiger partial charge in [-0.05, 0) is 51.5 Å². The minimum atomic E-state index is -0.407. The molecule has 0 radical (unpaired) electrons. The van der Waals surface area contributed by atoms with Gasteiger partial charge in [0.05, 0.1) is 25.1 Å². The predicted octanol–water partition coefficient (Wildman–Crippen LogP) is 2.42. The lowest BCUT2D eigenvalue weighted by Gasteiger charge is -2.47. The number of carbonyl (C=O) groups is 2. The highest BCUT2D eigenvalue weighted by molar-refractivity contribution is 5.92. The molecule has 1 aliphatic heterocycles. The summed E-state index contributed by atoms with van der Waals surface area (Å²) in [6.07, 6.45) is 13.8. The summed E-state index contributed by atoms with van der Waals surface area (Å²) in [6.45, 7) is 5.20. The Labute approximate surface area is 179 Å². The Hall–Kier alpha value is -2.19. The van der Waals surface area contributed by atoms with Crippen molar-refractivity contribution < 1.29 is 19.3 Å². The Balaban J connectivity index is 1.70. The molecule has 8 nitrogen and oxygen atoms in total. The van der Waals surface area contributed by atoms with Gasteiger partial charge in [-0.25, -0.2) is 9.78 Å². The number of nitrogens with zero attached hydrogens (tertiary/aromatic N) is 3. The minimum absolute atomic E-state index is 0.105. The monoisotopic (exact) mass is 417 g/mol. The Morgan fingerprint density at radius 1 is 1.27 bits per heavy atom. The Morgan fingerprint density at radius 2 is 2.10 bits per heavy atom. The topological polar surface area (TPSA) is 91.8 Å². The van der Waals surface area contributed by atoms with E-state index in [1.165, 1.54) is 0 Å². The van der Waals surface area contributed by atoms with Gasteiger partial charge in [-0.2, -0.15) is 0 Å². The molecular formula is C22H35N5O3. The van der Waals surface area contributed by atoms with Crippen LogP contribution in [0.5, 0.6) is 0 Å². The third-order valence-electron chi connectivity index (χ3n) is 5.91. The first kappa shape index (κ1) is 22.5. The largest absolute Gasteiger partial charge is 0.463 e. The average molecular weight is 418 g/mol. The lowest BCUT2D eigenvalue weighted by molar-refractivity contribution is -0.912. The molecule has 2 N–H and O–H groups in total. The summed E-state index contributed by atoms with van der Waals surface area (Å²) in [4.78, 5) is 29.7. The predicted molar refractivity (Wildman–Crippen MR) is 113 cm³/mol. The molecule has 3 rings (SSSR count). The smallest absolute Gasteiger partial charge is 0.335 e. The number of hydrogen-bond acceptors (Lipinski definition) is 4. The number of unbranched alkanes of at least 4 members (excludes halogenated alkanes) is 1. The quantitative estimate of drug-likeness (QED) is 0.636. The molecule has 0 bridgehead atoms. The molecule has 1 saturated heterocycles. The van der Waals surface area contributed by atoms with Crippen molar-refractivity contribution in [3.05, 3.63) is 35.4 Å². The minimum Gasteiger partial charge on any atom is -0.463 e. The van der Waals surface area contributed by atoms with Crippen molar-refractivity contribution in [3.8, 4) is 0 Å². The van der Waals surface area contributed by atoms with E-state index in [0.29, 0.717) is 31.4 Å². The first-order chi connectivity index (χ1) is 14.6. The van der Waals surface area contributed by atoms with E-state index in [0.717, 1.165) is 55.8 Å². The normalized spacial score (nSPS) is 24.9. The van der Waals surface area contributed by atoms with Crippen LogP contribution < -0.4 is 10.3 Å². The van der Waals surface area contributed by atoms with Crippen LogP contribution in [0.25, 0.3) is 5.43 Å². The Kier molecular flexibility index (Phi) is 8.45. The molecule has 1 aliphatic carbocycles. The summed E-state index contributed by atoms with van der Waals surface area (Å²) in [6, 6.07) is -0.407. The zero-order chi connectivity index (χ0) is 21.3. The van der Waals surface area contributed by atoms with Crippen LogP contribution in [0.1, 0.15) is 77.8 Å². The number of quaternary nitrogens is 1. The van der Waals surface area contributed by atoms with Crippen molar-refractivity contribution in [2.75, 3.05) is 13.2 Å². The van der Waals surface area contributed by atoms with Crippen molar-refractivity contribution in [1.82, 2.24) is 14.9 Å². The third-order valence-corrected chi connectivity index (χ3v) is 5.91. The van der Waals surface area contributed by atoms with Crippen LogP contribution in [0.15, 0.2) is 30.0 Å². The van der Waals surface area contributed by atoms with Gasteiger partial charge in [0.15, 0.2) is 6.17 Å². The molecule has 3 unspecified atom stereocenters. The first-order valence-electron chi connectivity index (χ1n) is 11.4. The van der Waals surface area contributed by atoms with E-state index in [9.17, 15) is 9.59 Å². The van der Waals surface area contributed by atoms with Crippen LogP contribution >= 0.6 is 0 Å². The number of carbonyl (C=O) groups excluding carboxylic acids is 2. The van der Waals surface area contributed by atoms with Crippen LogP contribution in [0, 0.1) is 0 Å². The van der Waals surface area contributed by atoms with Crippen LogP contribution in [-0.4, -0.2) is 40.6 Å². The third kappa shape index (κ3) is 5.70. The van der Waals surface area contributed by atoms with Crippen molar-refractivity contribution in [2.24, 2.45) is 0 Å². The van der Waals surface area contributed by atoms with Crippen molar-refractivity contribution in [3.63, 3.8) is 0 Å². The highest BCUT2D eigenvalue weighted by Gasteiger charge is 2.29. The van der Waals surface area contributed by atoms with Gasteiger partial charge >= 0.3 is 5.97 Å². The lowest BCUT2D eigenvalue weighted by atomic mass is 10.0. The standard InChI is InChI=1S/C22H35N5O3/c1-3-5-14-27-20(26-15-13-23-16-26)12-11-19(25-27)21(28)24-18-10-8-6-7-9-17(18)22(29)30-4-2/h13,15-16,19-20,27H,3-12,14H2,1-2H3,(H,24,28). The molecule has 166 valence electrons. The maximum atomic E-state index is 13.1. The second kappa shape index (κ2) is 11.3. The maximum absolute atomic E-state index is 13.1. The van der Waals surface area contributed by atoms with Crippen LogP contribution in [0.3, 0.4) is 0 Å². The number of allylic oxidation sites excluding steroid dienone is 1. The zero-order valence-corrected chi connectivity index (χ0v) is 18.2. The summed E-state index contributed by atoms with van der Waals surface area (Å²) in [5, 5.41) is 4.13. The van der Waals surface area contributed by atoms with Gasteiger partial charge < -0.3 is 20.5 Å². The van der Waals surface area contributed by atoms with Gasteiger partial charge in [0, 0.05) is 24.5 Å². The van der Waals surface area contributed by atoms with Gasteiger partial charge in [-0.15, -0.1) is 0 Å². The molecule has 2 heterocycles. The SMILES string of the molecule is CCCC[NH+]1[N-]C(C(=O)NC2=C(C(=O)OCC)CCCCC2)CCC1n1ccnc1. The number of amides is 1. The van der Waals surface area contributed by atoms with Gasteiger partial charge in [-0.1, -0.05) is 19.8 Å². The van der Waals surface area contributed by atoms with Gasteiger partial charge in [0.25, 0.3) is 0 Å². The summed E-state index contributed by atoms with van der Waals surface area (Å²) in [5.74, 6) is -0.405. The van der Waals surface area contributed by atoms with E-state index in [2.05, 4.69) is 21.8 Å². The molecule has 1 aromatic heterocycles. The maximum Gasteiger partial charge on any atom is 0.335 e. The number of hydrogen-bond donors (Lipinski definition) is 2. The van der Waals surface area contributed by atoms with E-state index in [-0.39, 0.29) is 18.0 Å². The molecule has 1 aromatic rings. The lowest BCUT2D eigenvalue weighted by Crippen LogP contribution is -3.10. The summed E-state index contributed by atoms with van der Waals surface area (Å²) < 4.78 is 7.32. The van der Waals surface area contributed by atoms with Crippen molar-refractivity contribution >= 4 is 11.9 Å². The summed E-state index contributed by atoms with van der Waals surface area (Å²) >= 11 is 0. The number of nitrogens with one attached hydrogen (secondary N) is 2. The summed E-state index contributed by atoms with van der Waals surface area (Å²) in [5.41, 5.74) is 6.23. The molecule has 3 atom stereocenters. The van der Waals surface area contributed by atoms with E-state index < -0.39 is 6.04 Å². The number of imidazole rings is 1. The molecule has 2 aliphatic rings. The Morgan fingerprint density at radius 3 is 2.83 bits per heavy atom. The fourth-order valence-corrected chi connectivity index (χ4v) is 4.28. The van der Waals surface area contributed by atoms with Crippen LogP contribution in [0.2, 0.25) is 0 Å². The van der Waals surface area contributed by atoms with Crippen LogP contribution in [-0.2, 0) is 14.3 Å². The fourth-order valence-electron chi connectivity index (χ4n) is 4.28. The van der Waals surface area contributed by atoms with E-state index in [1.54, 1.807) is 13.1 Å². The number of aromatic nitrogens is 2. The van der Waals surface area contributed by atoms with Gasteiger partial charge in [-0.3, -0.25) is 9.36 Å². The second-order valence-electron chi connectivity index (χ2n) is 8.07. The molecule has 8 heteroatoms. The van der Waals surface area contributed by atoms with E-state index in [4.69, 9.17) is 10.2 Å². The highest BCUT2D eigenvalue weighted by atomic mass is 16.5. The summed E-state index contributed by atoms with van der Waals surface area (Å²) in [7, 11) is 0. The zero-order valence-electron chi connectivity index (χ0n) is 18.2. The van der Waals surface area contributed by atoms with Crippen LogP contribution in [0.4, 0.5) is 0 Å². The molecule has 0 spiro atoms. The second-order valence-corrected chi connectivity index (χ2v) is 8.07. The number of ether oxygens (including phenoxy) is 1. The first-order valence-corrected chi connectivity index (χ1v) is 11.4. The van der Waals surface area contributed by atoms with Gasteiger partial charge in [0.2, 0.25) is 5.91 Å². The van der Waals surface area contributed by atoms with Crippen molar-refractivity contribution in [1.29, 1.82) is 0 Å². The molecule has 0 aromatic carbocycles. The molecular weight excluding hydrogens is 382 g/mol. The Bertz CT molecular complexity index is 731. The van der Waals surface area contributed by atoms with Gasteiger partial charge in [0.1, 0.15) is 0 Å². The van der Waals surface area contributed by atoms with E-state index in [1.807, 2.05) is 12.5 Å². The molecule has 1 fully saturated rings. The average Bonchev–Trinajstić information content (AvgIpc) is 3.18. The molecule has 0 saturated carbocycles. The molecule has 30 heavy (non-hydrogen) atoms. The van der Waals surface area contributed by atoms with E-state index >= 15 is 0 Å².